The predicted molar refractivity (Wildman–Crippen MR) is 98.7 cm³/mol. The predicted octanol–water partition coefficient (Wildman–Crippen LogP) is 1.67. The standard InChI is InChI=1S/C17H16ClN3O3S/c1-3-21-15(22)14(10-20-12-7-5-6-11(18)8-12)25-16(21)13(9-19)17(23)24-4-2/h5-8,10,20H,3-4H2,1-2H3/b14-10+,16-13-. The van der Waals surface area contributed by atoms with Gasteiger partial charge >= 0.3 is 5.97 Å². The first-order valence-electron chi connectivity index (χ1n) is 7.55. The quantitative estimate of drug-likeness (QED) is 0.801. The van der Waals surface area contributed by atoms with Crippen molar-refractivity contribution in [2.75, 3.05) is 11.9 Å². The number of hydrogen-bond donors (Lipinski definition) is 1. The Kier molecular flexibility index (Phi) is 6.39. The van der Waals surface area contributed by atoms with E-state index in [4.69, 9.17) is 16.3 Å². The van der Waals surface area contributed by atoms with Crippen LogP contribution in [0.2, 0.25) is 5.02 Å². The van der Waals surface area contributed by atoms with Gasteiger partial charge < -0.3 is 10.1 Å². The highest BCUT2D eigenvalue weighted by molar-refractivity contribution is 7.07. The number of carbonyl (C=O) groups is 1. The van der Waals surface area contributed by atoms with Gasteiger partial charge in [-0.25, -0.2) is 4.79 Å². The van der Waals surface area contributed by atoms with Crippen molar-refractivity contribution in [1.29, 1.82) is 5.26 Å². The Morgan fingerprint density at radius 1 is 1.48 bits per heavy atom. The molecule has 0 amide bonds. The van der Waals surface area contributed by atoms with E-state index in [2.05, 4.69) is 5.32 Å². The maximum absolute atomic E-state index is 12.5. The van der Waals surface area contributed by atoms with E-state index in [0.717, 1.165) is 17.0 Å². The minimum absolute atomic E-state index is 0.154. The van der Waals surface area contributed by atoms with Crippen molar-refractivity contribution < 1.29 is 9.53 Å². The maximum atomic E-state index is 12.5. The lowest BCUT2D eigenvalue weighted by Crippen LogP contribution is -2.32. The molecule has 130 valence electrons. The molecule has 1 heterocycles. The highest BCUT2D eigenvalue weighted by atomic mass is 35.5. The molecular formula is C17H16ClN3O3S. The fraction of sp³-hybridized carbons (Fsp3) is 0.235. The molecule has 0 aliphatic rings. The highest BCUT2D eigenvalue weighted by Crippen LogP contribution is 2.14. The van der Waals surface area contributed by atoms with Gasteiger partial charge in [0.05, 0.1) is 6.61 Å². The summed E-state index contributed by atoms with van der Waals surface area (Å²) in [4.78, 5) is 24.5. The van der Waals surface area contributed by atoms with Crippen LogP contribution >= 0.6 is 22.9 Å². The Balaban J connectivity index is 2.58. The van der Waals surface area contributed by atoms with Crippen molar-refractivity contribution in [3.63, 3.8) is 0 Å². The van der Waals surface area contributed by atoms with E-state index in [0.29, 0.717) is 16.1 Å². The van der Waals surface area contributed by atoms with Gasteiger partial charge in [-0.15, -0.1) is 11.3 Å². The molecule has 6 nitrogen and oxygen atoms in total. The smallest absolute Gasteiger partial charge is 0.351 e. The molecule has 0 spiro atoms. The van der Waals surface area contributed by atoms with E-state index in [1.54, 1.807) is 38.1 Å². The molecule has 1 aromatic carbocycles. The summed E-state index contributed by atoms with van der Waals surface area (Å²) in [6, 6.07) is 8.89. The van der Waals surface area contributed by atoms with Gasteiger partial charge in [0.2, 0.25) is 0 Å². The van der Waals surface area contributed by atoms with Crippen molar-refractivity contribution in [3.8, 4) is 6.07 Å². The average molecular weight is 378 g/mol. The van der Waals surface area contributed by atoms with Gasteiger partial charge in [-0.3, -0.25) is 9.36 Å². The van der Waals surface area contributed by atoms with Gasteiger partial charge in [-0.2, -0.15) is 5.26 Å². The summed E-state index contributed by atoms with van der Waals surface area (Å²) in [5, 5.41) is 12.9. The van der Waals surface area contributed by atoms with Crippen LogP contribution in [0, 0.1) is 11.3 Å². The van der Waals surface area contributed by atoms with E-state index >= 15 is 0 Å². The number of ether oxygens (including phenoxy) is 1. The number of nitrogens with zero attached hydrogens (tertiary/aromatic N) is 2. The van der Waals surface area contributed by atoms with E-state index in [-0.39, 0.29) is 22.4 Å². The minimum atomic E-state index is -0.734. The maximum Gasteiger partial charge on any atom is 0.351 e. The summed E-state index contributed by atoms with van der Waals surface area (Å²) in [6.45, 7) is 3.91. The third-order valence-electron chi connectivity index (χ3n) is 3.22. The van der Waals surface area contributed by atoms with E-state index in [9.17, 15) is 14.9 Å². The topological polar surface area (TPSA) is 84.1 Å². The number of aromatic nitrogens is 1. The molecule has 1 N–H and O–H groups in total. The Hall–Kier alpha value is -2.56. The van der Waals surface area contributed by atoms with Crippen molar-refractivity contribution >= 4 is 46.4 Å². The van der Waals surface area contributed by atoms with Crippen LogP contribution in [0.25, 0.3) is 11.8 Å². The summed E-state index contributed by atoms with van der Waals surface area (Å²) in [7, 11) is 0. The van der Waals surface area contributed by atoms with Gasteiger partial charge in [0, 0.05) is 23.5 Å². The van der Waals surface area contributed by atoms with Crippen LogP contribution in [0.4, 0.5) is 5.69 Å². The van der Waals surface area contributed by atoms with Gasteiger partial charge in [0.15, 0.2) is 5.57 Å². The lowest BCUT2D eigenvalue weighted by atomic mass is 10.3. The number of halogens is 1. The van der Waals surface area contributed by atoms with Crippen molar-refractivity contribution in [2.45, 2.75) is 20.4 Å². The molecule has 0 atom stereocenters. The summed E-state index contributed by atoms with van der Waals surface area (Å²) >= 11 is 6.99. The zero-order valence-corrected chi connectivity index (χ0v) is 15.3. The molecule has 0 fully saturated rings. The molecule has 1 aromatic heterocycles. The van der Waals surface area contributed by atoms with Crippen LogP contribution in [-0.4, -0.2) is 17.1 Å². The second-order valence-corrected chi connectivity index (χ2v) is 6.29. The SMILES string of the molecule is CCOC(=O)/C(C#N)=c1\s/c(=C/Nc2cccc(Cl)c2)c(=O)n1CC. The molecular weight excluding hydrogens is 362 g/mol. The first kappa shape index (κ1) is 18.8. The third kappa shape index (κ3) is 4.29. The molecule has 0 unspecified atom stereocenters. The summed E-state index contributed by atoms with van der Waals surface area (Å²) in [5.74, 6) is -0.734. The number of hydrogen-bond acceptors (Lipinski definition) is 6. The summed E-state index contributed by atoms with van der Waals surface area (Å²) < 4.78 is 6.93. The van der Waals surface area contributed by atoms with Crippen LogP contribution in [0.1, 0.15) is 13.8 Å². The Morgan fingerprint density at radius 3 is 2.84 bits per heavy atom. The second kappa shape index (κ2) is 8.51. The zero-order valence-electron chi connectivity index (χ0n) is 13.7. The average Bonchev–Trinajstić information content (AvgIpc) is 2.89. The Bertz CT molecular complexity index is 1000. The lowest BCUT2D eigenvalue weighted by molar-refractivity contribution is -0.136. The van der Waals surface area contributed by atoms with Crippen LogP contribution in [0.3, 0.4) is 0 Å². The van der Waals surface area contributed by atoms with Crippen molar-refractivity contribution in [3.05, 3.63) is 48.8 Å². The largest absolute Gasteiger partial charge is 0.462 e. The lowest BCUT2D eigenvalue weighted by Gasteiger charge is -2.00. The van der Waals surface area contributed by atoms with Gasteiger partial charge in [-0.05, 0) is 32.0 Å². The summed E-state index contributed by atoms with van der Waals surface area (Å²) in [6.07, 6.45) is 1.54. The number of benzene rings is 1. The molecule has 0 aliphatic carbocycles. The Labute approximate surface area is 153 Å². The molecule has 2 rings (SSSR count). The number of rotatable bonds is 5. The monoisotopic (exact) mass is 377 g/mol. The van der Waals surface area contributed by atoms with E-state index < -0.39 is 5.97 Å². The number of thiazole rings is 1. The first-order valence-corrected chi connectivity index (χ1v) is 8.74. The number of anilines is 1. The molecule has 0 saturated carbocycles. The molecule has 25 heavy (non-hydrogen) atoms. The normalized spacial score (nSPS) is 12.5. The van der Waals surface area contributed by atoms with Gasteiger partial charge in [-0.1, -0.05) is 17.7 Å². The highest BCUT2D eigenvalue weighted by Gasteiger charge is 2.16. The molecule has 0 aliphatic heterocycles. The minimum Gasteiger partial charge on any atom is -0.462 e. The summed E-state index contributed by atoms with van der Waals surface area (Å²) in [5.41, 5.74) is 0.266. The van der Waals surface area contributed by atoms with Gasteiger partial charge in [0.25, 0.3) is 5.56 Å². The van der Waals surface area contributed by atoms with Crippen molar-refractivity contribution in [2.24, 2.45) is 0 Å². The fourth-order valence-corrected chi connectivity index (χ4v) is 3.37. The molecule has 0 saturated heterocycles. The van der Waals surface area contributed by atoms with Crippen LogP contribution in [-0.2, 0) is 16.1 Å². The van der Waals surface area contributed by atoms with Crippen LogP contribution in [0.15, 0.2) is 29.1 Å². The van der Waals surface area contributed by atoms with Crippen LogP contribution < -0.4 is 20.1 Å². The van der Waals surface area contributed by atoms with E-state index in [1.165, 1.54) is 10.8 Å². The molecule has 2 aromatic rings. The van der Waals surface area contributed by atoms with Crippen LogP contribution in [0.5, 0.6) is 0 Å². The van der Waals surface area contributed by atoms with Crippen molar-refractivity contribution in [1.82, 2.24) is 4.57 Å². The fourth-order valence-electron chi connectivity index (χ4n) is 2.10. The third-order valence-corrected chi connectivity index (χ3v) is 4.59. The number of carbonyl (C=O) groups excluding carboxylic acids is 1. The van der Waals surface area contributed by atoms with E-state index in [1.807, 2.05) is 6.07 Å². The molecule has 8 heteroatoms. The number of esters is 1. The Morgan fingerprint density at radius 2 is 2.24 bits per heavy atom. The van der Waals surface area contributed by atoms with Gasteiger partial charge in [0.1, 0.15) is 15.3 Å². The molecule has 0 bridgehead atoms. The molecule has 0 radical (unpaired) electrons. The number of nitrogens with one attached hydrogen (secondary N) is 1. The zero-order chi connectivity index (χ0) is 18.4. The number of nitriles is 1. The first-order chi connectivity index (χ1) is 12.0. The second-order valence-electron chi connectivity index (χ2n) is 4.83.